The average molecular weight is 607 g/mol. The Bertz CT molecular complexity index is 1220. The second kappa shape index (κ2) is 13.5. The number of carbonyl (C=O) groups excluding carboxylic acids is 2. The Morgan fingerprint density at radius 1 is 1.26 bits per heavy atom. The number of H-pyrrole nitrogens is 1. The first-order chi connectivity index (χ1) is 18.0. The van der Waals surface area contributed by atoms with Crippen molar-refractivity contribution in [3.05, 3.63) is 33.1 Å². The number of aromatic amines is 1. The molecule has 2 heterocycles. The molecule has 22 heteroatoms. The lowest BCUT2D eigenvalue weighted by Crippen LogP contribution is -2.54. The number of rotatable bonds is 14. The molecule has 0 aliphatic carbocycles. The van der Waals surface area contributed by atoms with Crippen LogP contribution in [0.15, 0.2) is 21.9 Å². The average Bonchev–Trinajstić information content (AvgIpc) is 3.11. The van der Waals surface area contributed by atoms with Crippen LogP contribution in [-0.2, 0) is 36.8 Å². The number of aliphatic hydroxyl groups is 5. The molecule has 0 bridgehead atoms. The third kappa shape index (κ3) is 8.92. The second-order valence-electron chi connectivity index (χ2n) is 8.05. The summed E-state index contributed by atoms with van der Waals surface area (Å²) in [5.74, 6) is -0.905. The minimum absolute atomic E-state index is 0.0616. The summed E-state index contributed by atoms with van der Waals surface area (Å²) < 4.78 is 44.5. The van der Waals surface area contributed by atoms with Gasteiger partial charge in [0.15, 0.2) is 6.23 Å². The molecule has 0 radical (unpaired) electrons. The smallest absolute Gasteiger partial charge is 0.394 e. The second-order valence-corrected chi connectivity index (χ2v) is 11.0. The molecule has 1 unspecified atom stereocenters. The molecule has 20 nitrogen and oxygen atoms in total. The maximum absolute atomic E-state index is 13.2. The van der Waals surface area contributed by atoms with E-state index in [-0.39, 0.29) is 6.29 Å². The van der Waals surface area contributed by atoms with Gasteiger partial charge in [0.2, 0.25) is 5.91 Å². The van der Waals surface area contributed by atoms with Crippen molar-refractivity contribution < 1.29 is 72.1 Å². The highest BCUT2D eigenvalue weighted by Gasteiger charge is 2.48. The van der Waals surface area contributed by atoms with Crippen molar-refractivity contribution in [1.29, 1.82) is 0 Å². The van der Waals surface area contributed by atoms with Gasteiger partial charge in [-0.1, -0.05) is 0 Å². The maximum atomic E-state index is 13.2. The van der Waals surface area contributed by atoms with E-state index in [4.69, 9.17) is 18.9 Å². The first kappa shape index (κ1) is 33.0. The van der Waals surface area contributed by atoms with Crippen LogP contribution in [0.4, 0.5) is 0 Å². The van der Waals surface area contributed by atoms with Gasteiger partial charge in [0, 0.05) is 19.2 Å². The number of hydrogen-bond donors (Lipinski definition) is 9. The Balaban J connectivity index is 2.34. The molecule has 9 N–H and O–H groups in total. The number of aldehydes is 1. The minimum atomic E-state index is -5.74. The Labute approximate surface area is 217 Å². The number of ether oxygens (including phenoxy) is 1. The number of aromatic nitrogens is 2. The summed E-state index contributed by atoms with van der Waals surface area (Å²) in [5.41, 5.74) is -1.83. The third-order valence-corrected chi connectivity index (χ3v) is 7.72. The quantitative estimate of drug-likeness (QED) is 0.0707. The monoisotopic (exact) mass is 607 g/mol. The zero-order valence-electron chi connectivity index (χ0n) is 19.8. The first-order valence-corrected chi connectivity index (χ1v) is 13.7. The Hall–Kier alpha value is -2.16. The third-order valence-electron chi connectivity index (χ3n) is 5.10. The van der Waals surface area contributed by atoms with Crippen LogP contribution in [0.2, 0.25) is 0 Å². The zero-order valence-corrected chi connectivity index (χ0v) is 21.6. The van der Waals surface area contributed by atoms with Crippen molar-refractivity contribution >= 4 is 27.8 Å². The molecule has 1 aliphatic rings. The maximum Gasteiger partial charge on any atom is 0.484 e. The SMILES string of the molecule is CC(=O)N[C@@H](C=O)[C@@H](OP(=O)(OC[C@H]1O[C@@H](n2ccc(=O)[nH]c2=O)[C@H](O)[C@@H]1O)OP(=O)(O)O)[C@H](O)[C@H](O)CO. The van der Waals surface area contributed by atoms with Crippen molar-refractivity contribution in [3.63, 3.8) is 0 Å². The largest absolute Gasteiger partial charge is 0.484 e. The molecule has 1 aliphatic heterocycles. The van der Waals surface area contributed by atoms with Crippen LogP contribution in [0.1, 0.15) is 13.2 Å². The van der Waals surface area contributed by atoms with Gasteiger partial charge in [0.25, 0.3) is 5.56 Å². The highest BCUT2D eigenvalue weighted by Crippen LogP contribution is 2.62. The van der Waals surface area contributed by atoms with Crippen LogP contribution < -0.4 is 16.6 Å². The van der Waals surface area contributed by atoms with Crippen LogP contribution in [0.3, 0.4) is 0 Å². The molecule has 1 saturated heterocycles. The van der Waals surface area contributed by atoms with Gasteiger partial charge in [0.1, 0.15) is 49.0 Å². The fourth-order valence-corrected chi connectivity index (χ4v) is 5.67. The summed E-state index contributed by atoms with van der Waals surface area (Å²) in [5, 5.41) is 51.7. The van der Waals surface area contributed by atoms with Crippen molar-refractivity contribution in [2.45, 2.75) is 55.8 Å². The molecule has 9 atom stereocenters. The molecule has 2 rings (SSSR count). The summed E-state index contributed by atoms with van der Waals surface area (Å²) >= 11 is 0. The van der Waals surface area contributed by atoms with Gasteiger partial charge in [0.05, 0.1) is 13.2 Å². The molecule has 0 saturated carbocycles. The number of hydrogen-bond acceptors (Lipinski definition) is 15. The molecule has 1 amide bonds. The minimum Gasteiger partial charge on any atom is -0.394 e. The van der Waals surface area contributed by atoms with Crippen molar-refractivity contribution in [3.8, 4) is 0 Å². The lowest BCUT2D eigenvalue weighted by atomic mass is 10.0. The van der Waals surface area contributed by atoms with E-state index in [2.05, 4.69) is 4.31 Å². The van der Waals surface area contributed by atoms with E-state index in [1.54, 1.807) is 0 Å². The topological polar surface area (TPSA) is 314 Å². The summed E-state index contributed by atoms with van der Waals surface area (Å²) in [7, 11) is -11.4. The molecular weight excluding hydrogens is 580 g/mol. The van der Waals surface area contributed by atoms with Gasteiger partial charge in [-0.25, -0.2) is 13.9 Å². The predicted octanol–water partition coefficient (Wildman–Crippen LogP) is -4.81. The molecular formula is C17H27N3O17P2. The van der Waals surface area contributed by atoms with Crippen LogP contribution in [0.25, 0.3) is 0 Å². The highest BCUT2D eigenvalue weighted by atomic mass is 31.3. The van der Waals surface area contributed by atoms with Crippen LogP contribution in [0, 0.1) is 0 Å². The lowest BCUT2D eigenvalue weighted by molar-refractivity contribution is -0.129. The van der Waals surface area contributed by atoms with Gasteiger partial charge < -0.3 is 50.2 Å². The van der Waals surface area contributed by atoms with Crippen LogP contribution in [-0.4, -0.2) is 113 Å². The molecule has 0 spiro atoms. The van der Waals surface area contributed by atoms with Crippen molar-refractivity contribution in [2.75, 3.05) is 13.2 Å². The summed E-state index contributed by atoms with van der Waals surface area (Å²) in [6, 6.07) is -1.04. The van der Waals surface area contributed by atoms with E-state index >= 15 is 0 Å². The standard InChI is InChI=1S/C17H27N3O17P2/c1-7(23)18-8(4-21)15(12(26)9(24)5-22)36-39(33,37-38(30,31)32)34-6-10-13(27)14(28)16(35-10)20-3-2-11(25)19-17(20)29/h2-4,8-10,12-16,22,24,26-28H,5-6H2,1H3,(H,18,23)(H,19,25,29)(H2,30,31,32)/t8-,9+,10+,12+,13+,14+,15+,16+,39?/m0/s1. The van der Waals surface area contributed by atoms with E-state index in [9.17, 15) is 58.5 Å². The van der Waals surface area contributed by atoms with Crippen LogP contribution in [0.5, 0.6) is 0 Å². The van der Waals surface area contributed by atoms with Gasteiger partial charge in [-0.3, -0.25) is 28.2 Å². The predicted molar refractivity (Wildman–Crippen MR) is 122 cm³/mol. The van der Waals surface area contributed by atoms with Gasteiger partial charge in [-0.05, 0) is 0 Å². The molecule has 0 aromatic carbocycles. The Morgan fingerprint density at radius 3 is 2.41 bits per heavy atom. The number of nitrogens with zero attached hydrogens (tertiary/aromatic N) is 1. The van der Waals surface area contributed by atoms with E-state index in [1.807, 2.05) is 10.3 Å². The summed E-state index contributed by atoms with van der Waals surface area (Å²) in [4.78, 5) is 66.5. The fraction of sp³-hybridized carbons (Fsp3) is 0.647. The van der Waals surface area contributed by atoms with Gasteiger partial charge >= 0.3 is 21.3 Å². The number of phosphoric acid groups is 2. The van der Waals surface area contributed by atoms with Crippen molar-refractivity contribution in [2.24, 2.45) is 0 Å². The van der Waals surface area contributed by atoms with E-state index < -0.39 is 94.9 Å². The fourth-order valence-electron chi connectivity index (χ4n) is 3.34. The number of phosphoric ester groups is 1. The van der Waals surface area contributed by atoms with Gasteiger partial charge in [-0.2, -0.15) is 4.31 Å². The number of carbonyl (C=O) groups is 2. The Morgan fingerprint density at radius 2 is 1.90 bits per heavy atom. The van der Waals surface area contributed by atoms with Crippen LogP contribution >= 0.6 is 15.6 Å². The molecule has 39 heavy (non-hydrogen) atoms. The first-order valence-electron chi connectivity index (χ1n) is 10.7. The molecule has 1 aromatic heterocycles. The van der Waals surface area contributed by atoms with E-state index in [0.717, 1.165) is 19.2 Å². The van der Waals surface area contributed by atoms with Crippen molar-refractivity contribution in [1.82, 2.24) is 14.9 Å². The molecule has 222 valence electrons. The number of nitrogens with one attached hydrogen (secondary N) is 2. The van der Waals surface area contributed by atoms with E-state index in [0.29, 0.717) is 4.57 Å². The normalized spacial score (nSPS) is 26.3. The van der Waals surface area contributed by atoms with E-state index in [1.165, 1.54) is 0 Å². The lowest BCUT2D eigenvalue weighted by Gasteiger charge is -2.32. The molecule has 1 aromatic rings. The summed E-state index contributed by atoms with van der Waals surface area (Å²) in [6.45, 7) is -1.37. The summed E-state index contributed by atoms with van der Waals surface area (Å²) in [6.07, 6.45) is -12.9. The van der Waals surface area contributed by atoms with Gasteiger partial charge in [-0.15, -0.1) is 0 Å². The zero-order chi connectivity index (χ0) is 29.7. The Kier molecular flexibility index (Phi) is 11.4. The molecule has 1 fully saturated rings. The highest BCUT2D eigenvalue weighted by molar-refractivity contribution is 7.61. The number of aliphatic hydroxyl groups excluding tert-OH is 5. The number of amides is 1.